The predicted octanol–water partition coefficient (Wildman–Crippen LogP) is 5.92. The maximum atomic E-state index is 10.6. The molecule has 0 bridgehead atoms. The Morgan fingerprint density at radius 1 is 0.700 bits per heavy atom. The molecule has 0 aliphatic carbocycles. The van der Waals surface area contributed by atoms with Gasteiger partial charge in [-0.25, -0.2) is 0 Å². The van der Waals surface area contributed by atoms with Crippen LogP contribution in [0.5, 0.6) is 0 Å². The average molecular weight is 427 g/mol. The van der Waals surface area contributed by atoms with E-state index in [0.29, 0.717) is 6.42 Å². The number of carbonyl (C=O) groups excluding carboxylic acids is 2. The predicted molar refractivity (Wildman–Crippen MR) is 128 cm³/mol. The van der Waals surface area contributed by atoms with Gasteiger partial charge in [-0.2, -0.15) is 0 Å². The number of unbranched alkanes of at least 4 members (excludes halogenated alkanes) is 15. The molecule has 0 saturated carbocycles. The zero-order chi connectivity index (χ0) is 22.9. The molecule has 1 unspecified atom stereocenters. The standard InChI is InChI=1S/C22H43NO.C3H7NO2/c1-2-3-4-5-6-7-8-9-10-11-12-13-14-15-16-17-18-19-20-21-22(23)24;1-2(5)3(4)6/h9-10H,2-8,11-21H2,1H3,(H2,23,24);2,5H,1H3,(H2,4,6)/b10-9-;. The van der Waals surface area contributed by atoms with Crippen LogP contribution in [0.15, 0.2) is 12.2 Å². The van der Waals surface area contributed by atoms with E-state index in [0.717, 1.165) is 12.8 Å². The summed E-state index contributed by atoms with van der Waals surface area (Å²) in [5.74, 6) is -0.842. The van der Waals surface area contributed by atoms with Crippen LogP contribution in [-0.4, -0.2) is 23.0 Å². The molecule has 30 heavy (non-hydrogen) atoms. The van der Waals surface area contributed by atoms with Crippen molar-refractivity contribution in [2.75, 3.05) is 0 Å². The molecule has 2 amide bonds. The molecule has 0 aromatic carbocycles. The molecular weight excluding hydrogens is 376 g/mol. The molecule has 178 valence electrons. The zero-order valence-electron chi connectivity index (χ0n) is 19.9. The summed E-state index contributed by atoms with van der Waals surface area (Å²) in [6.45, 7) is 3.60. The number of allylic oxidation sites excluding steroid dienone is 2. The van der Waals surface area contributed by atoms with Crippen LogP contribution in [0.2, 0.25) is 0 Å². The molecule has 0 aromatic heterocycles. The Labute approximate surface area is 186 Å². The molecule has 0 aliphatic heterocycles. The van der Waals surface area contributed by atoms with Gasteiger partial charge < -0.3 is 16.6 Å². The highest BCUT2D eigenvalue weighted by Gasteiger charge is 1.98. The van der Waals surface area contributed by atoms with Crippen molar-refractivity contribution in [1.82, 2.24) is 0 Å². The van der Waals surface area contributed by atoms with Crippen LogP contribution in [0.25, 0.3) is 0 Å². The lowest BCUT2D eigenvalue weighted by Crippen LogP contribution is -2.24. The number of rotatable bonds is 20. The topological polar surface area (TPSA) is 106 Å². The van der Waals surface area contributed by atoms with Crippen molar-refractivity contribution in [3.63, 3.8) is 0 Å². The summed E-state index contributed by atoms with van der Waals surface area (Å²) in [5.41, 5.74) is 9.67. The van der Waals surface area contributed by atoms with Crippen LogP contribution in [0.4, 0.5) is 0 Å². The smallest absolute Gasteiger partial charge is 0.245 e. The summed E-state index contributed by atoms with van der Waals surface area (Å²) in [6.07, 6.45) is 26.8. The quantitative estimate of drug-likeness (QED) is 0.166. The van der Waals surface area contributed by atoms with Gasteiger partial charge >= 0.3 is 0 Å². The molecule has 0 fully saturated rings. The van der Waals surface area contributed by atoms with Gasteiger partial charge in [-0.3, -0.25) is 9.59 Å². The van der Waals surface area contributed by atoms with Crippen molar-refractivity contribution in [3.8, 4) is 0 Å². The molecule has 0 heterocycles. The van der Waals surface area contributed by atoms with Crippen molar-refractivity contribution >= 4 is 11.8 Å². The summed E-state index contributed by atoms with van der Waals surface area (Å²) in [5, 5.41) is 8.16. The largest absolute Gasteiger partial charge is 0.384 e. The normalized spacial score (nSPS) is 11.8. The maximum Gasteiger partial charge on any atom is 0.245 e. The highest BCUT2D eigenvalue weighted by atomic mass is 16.3. The Morgan fingerprint density at radius 3 is 1.37 bits per heavy atom. The van der Waals surface area contributed by atoms with Crippen molar-refractivity contribution in [2.45, 2.75) is 136 Å². The second-order valence-electron chi connectivity index (χ2n) is 8.29. The van der Waals surface area contributed by atoms with Gasteiger partial charge in [0.1, 0.15) is 6.10 Å². The lowest BCUT2D eigenvalue weighted by Gasteiger charge is -2.01. The summed E-state index contributed by atoms with van der Waals surface area (Å²) < 4.78 is 0. The number of primary amides is 2. The lowest BCUT2D eigenvalue weighted by molar-refractivity contribution is -0.125. The lowest BCUT2D eigenvalue weighted by atomic mass is 10.1. The number of carbonyl (C=O) groups is 2. The third-order valence-corrected chi connectivity index (χ3v) is 5.10. The number of nitrogens with two attached hydrogens (primary N) is 2. The molecule has 5 N–H and O–H groups in total. The van der Waals surface area contributed by atoms with Gasteiger partial charge in [0.25, 0.3) is 0 Å². The second-order valence-corrected chi connectivity index (χ2v) is 8.29. The third-order valence-electron chi connectivity index (χ3n) is 5.10. The fourth-order valence-electron chi connectivity index (χ4n) is 3.08. The monoisotopic (exact) mass is 426 g/mol. The summed E-state index contributed by atoms with van der Waals surface area (Å²) >= 11 is 0. The Morgan fingerprint density at radius 2 is 1.03 bits per heavy atom. The highest BCUT2D eigenvalue weighted by molar-refractivity contribution is 5.77. The van der Waals surface area contributed by atoms with Gasteiger partial charge in [-0.15, -0.1) is 0 Å². The molecule has 0 spiro atoms. The minimum atomic E-state index is -1.01. The van der Waals surface area contributed by atoms with E-state index in [1.807, 2.05) is 0 Å². The number of aliphatic hydroxyl groups excluding tert-OH is 1. The van der Waals surface area contributed by atoms with Crippen molar-refractivity contribution < 1.29 is 14.7 Å². The van der Waals surface area contributed by atoms with Crippen LogP contribution in [-0.2, 0) is 9.59 Å². The first-order valence-corrected chi connectivity index (χ1v) is 12.3. The van der Waals surface area contributed by atoms with E-state index in [1.54, 1.807) is 0 Å². The van der Waals surface area contributed by atoms with Crippen molar-refractivity contribution in [2.24, 2.45) is 11.5 Å². The third kappa shape index (κ3) is 31.3. The second kappa shape index (κ2) is 25.7. The van der Waals surface area contributed by atoms with E-state index in [4.69, 9.17) is 10.8 Å². The fourth-order valence-corrected chi connectivity index (χ4v) is 3.08. The molecule has 0 saturated heterocycles. The highest BCUT2D eigenvalue weighted by Crippen LogP contribution is 2.12. The number of amides is 2. The van der Waals surface area contributed by atoms with Crippen molar-refractivity contribution in [3.05, 3.63) is 12.2 Å². The minimum Gasteiger partial charge on any atom is -0.384 e. The van der Waals surface area contributed by atoms with E-state index in [1.165, 1.54) is 103 Å². The Balaban J connectivity index is 0. The van der Waals surface area contributed by atoms with Crippen LogP contribution in [0.3, 0.4) is 0 Å². The zero-order valence-corrected chi connectivity index (χ0v) is 19.9. The Hall–Kier alpha value is -1.36. The van der Waals surface area contributed by atoms with Gasteiger partial charge in [-0.1, -0.05) is 96.1 Å². The van der Waals surface area contributed by atoms with Gasteiger partial charge in [0.2, 0.25) is 11.8 Å². The number of aliphatic hydroxyl groups is 1. The van der Waals surface area contributed by atoms with Gasteiger partial charge in [0.15, 0.2) is 0 Å². The summed E-state index contributed by atoms with van der Waals surface area (Å²) in [6, 6.07) is 0. The molecule has 0 rings (SSSR count). The van der Waals surface area contributed by atoms with Gasteiger partial charge in [0, 0.05) is 6.42 Å². The van der Waals surface area contributed by atoms with Crippen LogP contribution in [0, 0.1) is 0 Å². The molecule has 1 atom stereocenters. The minimum absolute atomic E-state index is 0.156. The summed E-state index contributed by atoms with van der Waals surface area (Å²) in [4.78, 5) is 20.3. The molecule has 0 aliphatic rings. The Bertz CT molecular complexity index is 409. The molecule has 5 heteroatoms. The first-order valence-electron chi connectivity index (χ1n) is 12.3. The van der Waals surface area contributed by atoms with Crippen LogP contribution < -0.4 is 11.5 Å². The number of hydrogen-bond acceptors (Lipinski definition) is 3. The molecule has 5 nitrogen and oxygen atoms in total. The van der Waals surface area contributed by atoms with Crippen LogP contribution >= 0.6 is 0 Å². The van der Waals surface area contributed by atoms with E-state index in [-0.39, 0.29) is 5.91 Å². The van der Waals surface area contributed by atoms with Gasteiger partial charge in [-0.05, 0) is 39.0 Å². The molecule has 0 aromatic rings. The van der Waals surface area contributed by atoms with E-state index in [2.05, 4.69) is 24.8 Å². The Kier molecular flexibility index (Phi) is 26.4. The molecular formula is C25H50N2O3. The fraction of sp³-hybridized carbons (Fsp3) is 0.840. The number of hydrogen-bond donors (Lipinski definition) is 3. The van der Waals surface area contributed by atoms with Crippen LogP contribution in [0.1, 0.15) is 129 Å². The first-order chi connectivity index (χ1) is 14.4. The van der Waals surface area contributed by atoms with Crippen molar-refractivity contribution in [1.29, 1.82) is 0 Å². The van der Waals surface area contributed by atoms with E-state index >= 15 is 0 Å². The average Bonchev–Trinajstić information content (AvgIpc) is 2.70. The summed E-state index contributed by atoms with van der Waals surface area (Å²) in [7, 11) is 0. The SMILES string of the molecule is CC(O)C(N)=O.CCCCCCCC/C=C\CCCCCCCCCCCC(N)=O. The van der Waals surface area contributed by atoms with E-state index < -0.39 is 12.0 Å². The first kappa shape index (κ1) is 30.8. The molecule has 0 radical (unpaired) electrons. The van der Waals surface area contributed by atoms with Gasteiger partial charge in [0.05, 0.1) is 0 Å². The maximum absolute atomic E-state index is 10.6. The van der Waals surface area contributed by atoms with E-state index in [9.17, 15) is 9.59 Å².